The summed E-state index contributed by atoms with van der Waals surface area (Å²) in [5.74, 6) is -1.18. The number of para-hydroxylation sites is 2. The number of methoxy groups -OCH3 is 1. The van der Waals surface area contributed by atoms with Crippen LogP contribution in [0.4, 0.5) is 22.7 Å². The standard InChI is InChI=1S/C65H75N5O12S3/c1-10-54(71)59(85(77,78)79)22-24-83-84-65(6,7)23-21-60(73)67-61(38(2)3)55(72)26-40(5)62(74)66-46-28-41(36-81-56-34-53-50(25-39(56)4)64(76)70-48(35-68(53)8)31-45-16-12-14-18-52(45)70)27-42(29-46)37-82-58-32-43-19-20-47-30-44-15-11-13-17-51(44)69(47)63(75)49(43)33-57(58)80-9/h11-18,25,27-29,32-34,38,40,47-48,59,61H,10,19-24,26,30-31,36-37H2,1-9H3,(H,66,74)(H,67,73)(H,77,78,79)/t40-,47-,48+,59?,61+/m1/s1. The highest BCUT2D eigenvalue weighted by molar-refractivity contribution is 8.77. The molecule has 1 unspecified atom stereocenters. The van der Waals surface area contributed by atoms with Crippen LogP contribution >= 0.6 is 21.6 Å². The second-order valence-corrected chi connectivity index (χ2v) is 28.2. The molecule has 450 valence electrons. The van der Waals surface area contributed by atoms with E-state index in [0.29, 0.717) is 75.9 Å². The van der Waals surface area contributed by atoms with Gasteiger partial charge in [0.1, 0.15) is 31.3 Å². The van der Waals surface area contributed by atoms with Gasteiger partial charge < -0.3 is 39.2 Å². The van der Waals surface area contributed by atoms with Crippen LogP contribution in [-0.4, -0.2) is 107 Å². The van der Waals surface area contributed by atoms with Crippen LogP contribution in [0.15, 0.2) is 91.0 Å². The Morgan fingerprint density at radius 2 is 1.47 bits per heavy atom. The molecule has 3 N–H and O–H groups in total. The van der Waals surface area contributed by atoms with Gasteiger partial charge in [-0.25, -0.2) is 0 Å². The minimum absolute atomic E-state index is 0.00680. The van der Waals surface area contributed by atoms with Crippen molar-refractivity contribution in [3.8, 4) is 17.2 Å². The van der Waals surface area contributed by atoms with Crippen LogP contribution in [0.2, 0.25) is 0 Å². The van der Waals surface area contributed by atoms with Crippen molar-refractivity contribution in [1.29, 1.82) is 0 Å². The highest BCUT2D eigenvalue weighted by Crippen LogP contribution is 2.43. The summed E-state index contributed by atoms with van der Waals surface area (Å²) >= 11 is 0. The second-order valence-electron chi connectivity index (χ2n) is 23.5. The van der Waals surface area contributed by atoms with Crippen LogP contribution in [0.5, 0.6) is 17.2 Å². The maximum atomic E-state index is 14.3. The molecule has 4 aliphatic heterocycles. The smallest absolute Gasteiger partial charge is 0.275 e. The third kappa shape index (κ3) is 14.3. The first-order chi connectivity index (χ1) is 40.4. The monoisotopic (exact) mass is 1210 g/mol. The van der Waals surface area contributed by atoms with Crippen LogP contribution in [0, 0.1) is 18.8 Å². The number of nitrogens with zero attached hydrogens (tertiary/aromatic N) is 3. The summed E-state index contributed by atoms with van der Waals surface area (Å²) in [5, 5.41) is 4.47. The van der Waals surface area contributed by atoms with Gasteiger partial charge in [-0.1, -0.05) is 91.7 Å². The number of hydrogen-bond donors (Lipinski definition) is 3. The first-order valence-electron chi connectivity index (χ1n) is 28.9. The van der Waals surface area contributed by atoms with Gasteiger partial charge in [0.2, 0.25) is 17.7 Å². The molecule has 0 fully saturated rings. The molecular formula is C65H75N5O12S3. The van der Waals surface area contributed by atoms with Crippen LogP contribution in [-0.2, 0) is 61.8 Å². The lowest BCUT2D eigenvalue weighted by Gasteiger charge is -2.25. The number of benzene rings is 5. The van der Waals surface area contributed by atoms with Crippen molar-refractivity contribution >= 4 is 95.9 Å². The molecule has 5 aromatic carbocycles. The van der Waals surface area contributed by atoms with Crippen LogP contribution in [0.3, 0.4) is 0 Å². The highest BCUT2D eigenvalue weighted by atomic mass is 33.1. The normalized spacial score (nSPS) is 17.2. The second kappa shape index (κ2) is 26.3. The number of carbonyl (C=O) groups is 6. The molecule has 0 saturated heterocycles. The Labute approximate surface area is 506 Å². The van der Waals surface area contributed by atoms with Crippen molar-refractivity contribution in [2.24, 2.45) is 11.8 Å². The van der Waals surface area contributed by atoms with E-state index in [0.717, 1.165) is 46.5 Å². The van der Waals surface area contributed by atoms with Gasteiger partial charge in [0.25, 0.3) is 16.0 Å². The molecule has 17 nitrogen and oxygen atoms in total. The Balaban J connectivity index is 0.893. The van der Waals surface area contributed by atoms with Gasteiger partial charge in [-0.3, -0.25) is 33.3 Å². The van der Waals surface area contributed by atoms with E-state index in [1.54, 1.807) is 32.0 Å². The number of carbonyl (C=O) groups excluding carboxylic acids is 6. The molecule has 0 aromatic heterocycles. The predicted octanol–water partition coefficient (Wildman–Crippen LogP) is 10.7. The van der Waals surface area contributed by atoms with Gasteiger partial charge in [0.15, 0.2) is 23.1 Å². The molecule has 85 heavy (non-hydrogen) atoms. The largest absolute Gasteiger partial charge is 0.493 e. The van der Waals surface area contributed by atoms with Gasteiger partial charge >= 0.3 is 0 Å². The molecule has 20 heteroatoms. The number of ether oxygens (including phenoxy) is 3. The lowest BCUT2D eigenvalue weighted by atomic mass is 9.92. The molecule has 9 rings (SSSR count). The third-order valence-electron chi connectivity index (χ3n) is 16.2. The van der Waals surface area contributed by atoms with E-state index >= 15 is 0 Å². The number of rotatable bonds is 25. The summed E-state index contributed by atoms with van der Waals surface area (Å²) < 4.78 is 53.5. The van der Waals surface area contributed by atoms with Crippen molar-refractivity contribution < 1.29 is 60.5 Å². The minimum atomic E-state index is -4.52. The summed E-state index contributed by atoms with van der Waals surface area (Å²) in [5.41, 5.74) is 9.21. The Kier molecular flexibility index (Phi) is 19.4. The molecule has 5 aromatic rings. The van der Waals surface area contributed by atoms with Gasteiger partial charge in [0.05, 0.1) is 18.8 Å². The lowest BCUT2D eigenvalue weighted by Crippen LogP contribution is -2.45. The zero-order valence-corrected chi connectivity index (χ0v) is 52.1. The van der Waals surface area contributed by atoms with E-state index in [1.165, 1.54) is 28.7 Å². The third-order valence-corrected chi connectivity index (χ3v) is 20.8. The zero-order chi connectivity index (χ0) is 61.1. The van der Waals surface area contributed by atoms with E-state index in [1.807, 2.05) is 123 Å². The first kappa shape index (κ1) is 62.5. The van der Waals surface area contributed by atoms with Crippen molar-refractivity contribution in [2.75, 3.05) is 35.0 Å². The first-order valence-corrected chi connectivity index (χ1v) is 32.7. The fraction of sp³-hybridized carbons (Fsp3) is 0.431. The van der Waals surface area contributed by atoms with Crippen molar-refractivity contribution in [3.63, 3.8) is 0 Å². The number of aryl methyl sites for hydroxylation is 2. The molecule has 4 amide bonds. The Hall–Kier alpha value is -7.00. The molecule has 0 aliphatic carbocycles. The minimum Gasteiger partial charge on any atom is -0.493 e. The highest BCUT2D eigenvalue weighted by Gasteiger charge is 2.39. The number of ketones is 2. The quantitative estimate of drug-likeness (QED) is 0.0163. The molecule has 4 heterocycles. The molecule has 5 atom stereocenters. The van der Waals surface area contributed by atoms with Gasteiger partial charge in [-0.2, -0.15) is 8.42 Å². The average molecular weight is 1210 g/mol. The fourth-order valence-corrected chi connectivity index (χ4v) is 15.4. The topological polar surface area (TPSA) is 218 Å². The van der Waals surface area contributed by atoms with E-state index in [2.05, 4.69) is 22.9 Å². The Morgan fingerprint density at radius 1 is 0.824 bits per heavy atom. The molecule has 4 aliphatic rings. The molecule has 0 saturated carbocycles. The maximum absolute atomic E-state index is 14.3. The average Bonchev–Trinajstić information content (AvgIpc) is 1.80. The maximum Gasteiger partial charge on any atom is 0.275 e. The summed E-state index contributed by atoms with van der Waals surface area (Å²) in [6, 6.07) is 27.7. The van der Waals surface area contributed by atoms with Crippen LogP contribution in [0.1, 0.15) is 134 Å². The molecular weight excluding hydrogens is 1140 g/mol. The molecule has 0 spiro atoms. The molecule has 0 bridgehead atoms. The zero-order valence-electron chi connectivity index (χ0n) is 49.6. The van der Waals surface area contributed by atoms with E-state index in [-0.39, 0.29) is 80.4 Å². The van der Waals surface area contributed by atoms with Crippen LogP contribution < -0.4 is 34.6 Å². The number of fused-ring (bicyclic) bond motifs is 8. The SMILES string of the molecule is CCC(=O)C(CCSSC(C)(C)CCC(=O)N[C@H](C(=O)C[C@@H](C)C(=O)Nc1cc(COc2cc3c(cc2C)C(=O)N2c4ccccc4C[C@H]2[C-]=[N+]3C)cc(COc2cc3c(cc2OC)C(=O)N2c4ccccc4C[C@H]2CC3)c1)C(C)C)S(=O)(=O)O. The van der Waals surface area contributed by atoms with Crippen LogP contribution in [0.25, 0.3) is 0 Å². The van der Waals surface area contributed by atoms with Gasteiger partial charge in [-0.15, -0.1) is 0 Å². The number of nitrogens with one attached hydrogen (secondary N) is 2. The number of amides is 4. The van der Waals surface area contributed by atoms with Crippen molar-refractivity contribution in [2.45, 2.75) is 148 Å². The Morgan fingerprint density at radius 3 is 2.13 bits per heavy atom. The van der Waals surface area contributed by atoms with E-state index < -0.39 is 43.8 Å². The summed E-state index contributed by atoms with van der Waals surface area (Å²) in [6.07, 6.45) is 6.72. The summed E-state index contributed by atoms with van der Waals surface area (Å²) in [6.45, 7) is 12.7. The molecule has 0 radical (unpaired) electrons. The van der Waals surface area contributed by atoms with Gasteiger partial charge in [-0.05, 0) is 147 Å². The Bertz CT molecular complexity index is 3580. The number of Topliss-reactive ketones (excluding diaryl/α,β-unsaturated/α-hetero) is 2. The van der Waals surface area contributed by atoms with Crippen molar-refractivity contribution in [3.05, 3.63) is 136 Å². The fourth-order valence-electron chi connectivity index (χ4n) is 11.6. The predicted molar refractivity (Wildman–Crippen MR) is 333 cm³/mol. The number of hydrogen-bond acceptors (Lipinski definition) is 13. The number of anilines is 3. The summed E-state index contributed by atoms with van der Waals surface area (Å²) in [4.78, 5) is 85.9. The summed E-state index contributed by atoms with van der Waals surface area (Å²) in [7, 11) is 1.70. The van der Waals surface area contributed by atoms with E-state index in [9.17, 15) is 41.7 Å². The van der Waals surface area contributed by atoms with E-state index in [4.69, 9.17) is 14.2 Å². The van der Waals surface area contributed by atoms with Crippen molar-refractivity contribution in [1.82, 2.24) is 5.32 Å². The lowest BCUT2D eigenvalue weighted by molar-refractivity contribution is -0.401. The van der Waals surface area contributed by atoms with Gasteiger partial charge in [0, 0.05) is 82.2 Å².